The van der Waals surface area contributed by atoms with Crippen LogP contribution < -0.4 is 0 Å². The lowest BCUT2D eigenvalue weighted by Gasteiger charge is -2.20. The summed E-state index contributed by atoms with van der Waals surface area (Å²) in [4.78, 5) is 28.3. The van der Waals surface area contributed by atoms with Crippen LogP contribution in [0, 0.1) is 11.3 Å². The van der Waals surface area contributed by atoms with Gasteiger partial charge in [-0.3, -0.25) is 9.78 Å². The van der Waals surface area contributed by atoms with E-state index in [4.69, 9.17) is 10.4 Å². The maximum Gasteiger partial charge on any atom is 0.326 e. The van der Waals surface area contributed by atoms with Gasteiger partial charge in [0.2, 0.25) is 0 Å². The molecular weight excluding hydrogens is 234 g/mol. The average molecular weight is 245 g/mol. The molecule has 0 radical (unpaired) electrons. The molecule has 1 aromatic heterocycles. The molecule has 6 heteroatoms. The van der Waals surface area contributed by atoms with Crippen LogP contribution in [0.1, 0.15) is 28.9 Å². The molecule has 1 amide bonds. The molecular formula is C12H11N3O3. The minimum atomic E-state index is -1.00. The summed E-state index contributed by atoms with van der Waals surface area (Å²) in [6, 6.07) is 4.00. The highest BCUT2D eigenvalue weighted by Crippen LogP contribution is 2.19. The number of rotatable bonds is 2. The minimum absolute atomic E-state index is 0.113. The third-order valence-electron chi connectivity index (χ3n) is 2.91. The Bertz CT molecular complexity index is 536. The largest absolute Gasteiger partial charge is 0.480 e. The Hall–Kier alpha value is -2.42. The predicted molar refractivity (Wildman–Crippen MR) is 60.6 cm³/mol. The van der Waals surface area contributed by atoms with Crippen molar-refractivity contribution in [2.45, 2.75) is 18.9 Å². The van der Waals surface area contributed by atoms with Gasteiger partial charge in [0, 0.05) is 12.7 Å². The van der Waals surface area contributed by atoms with Gasteiger partial charge in [-0.15, -0.1) is 0 Å². The number of aliphatic carboxylic acids is 1. The van der Waals surface area contributed by atoms with Crippen LogP contribution in [0.5, 0.6) is 0 Å². The van der Waals surface area contributed by atoms with Crippen LogP contribution in [0.15, 0.2) is 18.3 Å². The lowest BCUT2D eigenvalue weighted by Crippen LogP contribution is -2.40. The molecule has 1 N–H and O–H groups in total. The molecule has 0 aromatic carbocycles. The van der Waals surface area contributed by atoms with Crippen LogP contribution in [0.3, 0.4) is 0 Å². The summed E-state index contributed by atoms with van der Waals surface area (Å²) in [7, 11) is 0. The first-order valence-electron chi connectivity index (χ1n) is 5.53. The summed E-state index contributed by atoms with van der Waals surface area (Å²) in [5, 5.41) is 17.8. The number of amides is 1. The van der Waals surface area contributed by atoms with Crippen molar-refractivity contribution in [3.8, 4) is 6.07 Å². The van der Waals surface area contributed by atoms with E-state index < -0.39 is 17.9 Å². The van der Waals surface area contributed by atoms with Gasteiger partial charge in [-0.1, -0.05) is 0 Å². The van der Waals surface area contributed by atoms with Gasteiger partial charge < -0.3 is 10.0 Å². The number of nitrogens with zero attached hydrogens (tertiary/aromatic N) is 3. The summed E-state index contributed by atoms with van der Waals surface area (Å²) < 4.78 is 0. The molecule has 1 aliphatic rings. The van der Waals surface area contributed by atoms with Crippen molar-refractivity contribution in [2.75, 3.05) is 6.54 Å². The van der Waals surface area contributed by atoms with Crippen molar-refractivity contribution < 1.29 is 14.7 Å². The minimum Gasteiger partial charge on any atom is -0.480 e. The molecule has 2 rings (SSSR count). The zero-order valence-corrected chi connectivity index (χ0v) is 9.54. The van der Waals surface area contributed by atoms with Gasteiger partial charge in [0.25, 0.3) is 5.91 Å². The third-order valence-corrected chi connectivity index (χ3v) is 2.91. The Labute approximate surface area is 103 Å². The van der Waals surface area contributed by atoms with Gasteiger partial charge in [0.15, 0.2) is 0 Å². The highest BCUT2D eigenvalue weighted by molar-refractivity contribution is 5.95. The van der Waals surface area contributed by atoms with E-state index in [0.717, 1.165) is 0 Å². The summed E-state index contributed by atoms with van der Waals surface area (Å²) in [5.74, 6) is -1.44. The lowest BCUT2D eigenvalue weighted by atomic mass is 10.2. The Morgan fingerprint density at radius 2 is 2.33 bits per heavy atom. The fraction of sp³-hybridized carbons (Fsp3) is 0.333. The van der Waals surface area contributed by atoms with E-state index in [1.54, 1.807) is 0 Å². The second kappa shape index (κ2) is 4.84. The van der Waals surface area contributed by atoms with Crippen molar-refractivity contribution in [1.29, 1.82) is 5.26 Å². The zero-order chi connectivity index (χ0) is 13.1. The number of likely N-dealkylation sites (tertiary alicyclic amines) is 1. The number of pyridine rings is 1. The van der Waals surface area contributed by atoms with E-state index >= 15 is 0 Å². The van der Waals surface area contributed by atoms with Crippen LogP contribution in [-0.4, -0.2) is 39.5 Å². The number of aromatic nitrogens is 1. The molecule has 1 fully saturated rings. The van der Waals surface area contributed by atoms with Crippen molar-refractivity contribution in [1.82, 2.24) is 9.88 Å². The topological polar surface area (TPSA) is 94.3 Å². The molecule has 1 saturated heterocycles. The first kappa shape index (κ1) is 12.0. The number of carbonyl (C=O) groups is 2. The SMILES string of the molecule is N#Cc1ccnc(C(=O)N2CCC[C@H]2C(=O)O)c1. The number of hydrogen-bond donors (Lipinski definition) is 1. The van der Waals surface area contributed by atoms with Gasteiger partial charge in [-0.2, -0.15) is 5.26 Å². The van der Waals surface area contributed by atoms with Gasteiger partial charge in [-0.05, 0) is 25.0 Å². The molecule has 0 saturated carbocycles. The van der Waals surface area contributed by atoms with Crippen molar-refractivity contribution in [3.05, 3.63) is 29.6 Å². The van der Waals surface area contributed by atoms with E-state index in [2.05, 4.69) is 4.98 Å². The molecule has 0 bridgehead atoms. The Balaban J connectivity index is 2.25. The second-order valence-corrected chi connectivity index (χ2v) is 4.04. The standard InChI is InChI=1S/C12H11N3O3/c13-7-8-3-4-14-9(6-8)11(16)15-5-1-2-10(15)12(17)18/h3-4,6,10H,1-2,5H2,(H,17,18)/t10-/m0/s1. The molecule has 1 aromatic rings. The van der Waals surface area contributed by atoms with Crippen LogP contribution >= 0.6 is 0 Å². The van der Waals surface area contributed by atoms with E-state index in [9.17, 15) is 9.59 Å². The number of carbonyl (C=O) groups excluding carboxylic acids is 1. The van der Waals surface area contributed by atoms with E-state index in [1.807, 2.05) is 6.07 Å². The third kappa shape index (κ3) is 2.15. The normalized spacial score (nSPS) is 18.4. The smallest absolute Gasteiger partial charge is 0.326 e. The number of nitriles is 1. The maximum atomic E-state index is 12.1. The van der Waals surface area contributed by atoms with Gasteiger partial charge in [0.1, 0.15) is 11.7 Å². The van der Waals surface area contributed by atoms with Gasteiger partial charge in [0.05, 0.1) is 11.6 Å². The number of hydrogen-bond acceptors (Lipinski definition) is 4. The second-order valence-electron chi connectivity index (χ2n) is 4.04. The highest BCUT2D eigenvalue weighted by atomic mass is 16.4. The van der Waals surface area contributed by atoms with Crippen molar-refractivity contribution in [2.24, 2.45) is 0 Å². The molecule has 1 aliphatic heterocycles. The summed E-state index contributed by atoms with van der Waals surface area (Å²) in [6.07, 6.45) is 2.50. The van der Waals surface area contributed by atoms with Crippen LogP contribution in [-0.2, 0) is 4.79 Å². The Kier molecular flexibility index (Phi) is 3.24. The molecule has 2 heterocycles. The number of carboxylic acids is 1. The van der Waals surface area contributed by atoms with E-state index in [0.29, 0.717) is 24.9 Å². The van der Waals surface area contributed by atoms with E-state index in [1.165, 1.54) is 23.2 Å². The van der Waals surface area contributed by atoms with Crippen LogP contribution in [0.2, 0.25) is 0 Å². The molecule has 18 heavy (non-hydrogen) atoms. The maximum absolute atomic E-state index is 12.1. The van der Waals surface area contributed by atoms with Gasteiger partial charge >= 0.3 is 5.97 Å². The van der Waals surface area contributed by atoms with E-state index in [-0.39, 0.29) is 5.69 Å². The highest BCUT2D eigenvalue weighted by Gasteiger charge is 2.34. The zero-order valence-electron chi connectivity index (χ0n) is 9.54. The summed E-state index contributed by atoms with van der Waals surface area (Å²) in [5.41, 5.74) is 0.446. The molecule has 1 atom stereocenters. The quantitative estimate of drug-likeness (QED) is 0.825. The van der Waals surface area contributed by atoms with Crippen LogP contribution in [0.4, 0.5) is 0 Å². The Morgan fingerprint density at radius 3 is 3.00 bits per heavy atom. The fourth-order valence-corrected chi connectivity index (χ4v) is 2.03. The molecule has 92 valence electrons. The lowest BCUT2D eigenvalue weighted by molar-refractivity contribution is -0.141. The fourth-order valence-electron chi connectivity index (χ4n) is 2.03. The average Bonchev–Trinajstić information content (AvgIpc) is 2.87. The molecule has 0 unspecified atom stereocenters. The molecule has 6 nitrogen and oxygen atoms in total. The summed E-state index contributed by atoms with van der Waals surface area (Å²) >= 11 is 0. The number of carboxylic acid groups (broad SMARTS) is 1. The first-order chi connectivity index (χ1) is 8.63. The first-order valence-corrected chi connectivity index (χ1v) is 5.53. The Morgan fingerprint density at radius 1 is 1.56 bits per heavy atom. The van der Waals surface area contributed by atoms with Crippen LogP contribution in [0.25, 0.3) is 0 Å². The summed E-state index contributed by atoms with van der Waals surface area (Å²) in [6.45, 7) is 0.411. The monoisotopic (exact) mass is 245 g/mol. The van der Waals surface area contributed by atoms with Crippen molar-refractivity contribution >= 4 is 11.9 Å². The molecule has 0 aliphatic carbocycles. The predicted octanol–water partition coefficient (Wildman–Crippen LogP) is 0.642. The van der Waals surface area contributed by atoms with Gasteiger partial charge in [-0.25, -0.2) is 4.79 Å². The molecule has 0 spiro atoms. The van der Waals surface area contributed by atoms with Crippen molar-refractivity contribution in [3.63, 3.8) is 0 Å².